The molecule has 0 atom stereocenters. The first-order valence-electron chi connectivity index (χ1n) is 10.3. The van der Waals surface area contributed by atoms with E-state index in [0.717, 1.165) is 40.9 Å². The maximum absolute atomic E-state index is 12.7. The van der Waals surface area contributed by atoms with Crippen molar-refractivity contribution in [2.24, 2.45) is 0 Å². The molecule has 31 heavy (non-hydrogen) atoms. The number of rotatable bonds is 6. The van der Waals surface area contributed by atoms with Crippen LogP contribution < -0.4 is 14.8 Å². The average Bonchev–Trinajstić information content (AvgIpc) is 3.58. The number of carbonyl (C=O) groups excluding carboxylic acids is 1. The summed E-state index contributed by atoms with van der Waals surface area (Å²) >= 11 is 5.33. The molecule has 1 aliphatic heterocycles. The van der Waals surface area contributed by atoms with Gasteiger partial charge < -0.3 is 14.8 Å². The Hall–Kier alpha value is -3.38. The Balaban J connectivity index is 1.36. The molecule has 5 nitrogen and oxygen atoms in total. The number of benzene rings is 3. The van der Waals surface area contributed by atoms with Gasteiger partial charge in [0.1, 0.15) is 23.8 Å². The summed E-state index contributed by atoms with van der Waals surface area (Å²) in [4.78, 5) is 14.4. The molecule has 3 aromatic carbocycles. The van der Waals surface area contributed by atoms with E-state index in [1.807, 2.05) is 48.5 Å². The number of methoxy groups -OCH3 is 1. The van der Waals surface area contributed by atoms with Crippen LogP contribution >= 0.6 is 12.2 Å². The van der Waals surface area contributed by atoms with Crippen molar-refractivity contribution in [3.63, 3.8) is 0 Å². The van der Waals surface area contributed by atoms with Gasteiger partial charge in [0.05, 0.1) is 7.11 Å². The van der Waals surface area contributed by atoms with Gasteiger partial charge in [-0.25, -0.2) is 0 Å². The van der Waals surface area contributed by atoms with Gasteiger partial charge in [0.2, 0.25) is 0 Å². The normalized spacial score (nSPS) is 17.3. The van der Waals surface area contributed by atoms with E-state index >= 15 is 0 Å². The number of nitrogens with one attached hydrogen (secondary N) is 1. The summed E-state index contributed by atoms with van der Waals surface area (Å²) in [6, 6.07) is 20.3. The van der Waals surface area contributed by atoms with Crippen molar-refractivity contribution in [1.29, 1.82) is 0 Å². The zero-order valence-electron chi connectivity index (χ0n) is 17.1. The van der Waals surface area contributed by atoms with Crippen LogP contribution in [0.1, 0.15) is 24.0 Å². The number of thiocarbonyl (C=S) groups is 1. The van der Waals surface area contributed by atoms with Crippen LogP contribution in [0, 0.1) is 0 Å². The van der Waals surface area contributed by atoms with E-state index in [9.17, 15) is 4.79 Å². The second-order valence-electron chi connectivity index (χ2n) is 7.76. The van der Waals surface area contributed by atoms with E-state index in [0.29, 0.717) is 17.4 Å². The molecule has 1 N–H and O–H groups in total. The van der Waals surface area contributed by atoms with Gasteiger partial charge in [-0.15, -0.1) is 0 Å². The number of amides is 1. The summed E-state index contributed by atoms with van der Waals surface area (Å²) < 4.78 is 11.6. The van der Waals surface area contributed by atoms with Crippen molar-refractivity contribution in [2.75, 3.05) is 7.11 Å². The number of hydrogen-bond donors (Lipinski definition) is 1. The minimum Gasteiger partial charge on any atom is -0.496 e. The third kappa shape index (κ3) is 3.99. The topological polar surface area (TPSA) is 50.8 Å². The average molecular weight is 431 g/mol. The summed E-state index contributed by atoms with van der Waals surface area (Å²) in [6.07, 6.45) is 3.86. The minimum absolute atomic E-state index is 0.0581. The van der Waals surface area contributed by atoms with Crippen molar-refractivity contribution in [3.05, 3.63) is 77.5 Å². The Morgan fingerprint density at radius 1 is 1.10 bits per heavy atom. The Morgan fingerprint density at radius 2 is 1.90 bits per heavy atom. The zero-order valence-corrected chi connectivity index (χ0v) is 17.9. The first kappa shape index (κ1) is 19.6. The molecule has 5 rings (SSSR count). The molecule has 0 spiro atoms. The Bertz CT molecular complexity index is 1220. The van der Waals surface area contributed by atoms with E-state index in [2.05, 4.69) is 23.5 Å². The summed E-state index contributed by atoms with van der Waals surface area (Å²) in [5.41, 5.74) is 2.29. The fourth-order valence-corrected chi connectivity index (χ4v) is 4.14. The molecule has 1 heterocycles. The van der Waals surface area contributed by atoms with Crippen LogP contribution in [0.2, 0.25) is 0 Å². The number of ether oxygens (including phenoxy) is 2. The lowest BCUT2D eigenvalue weighted by Gasteiger charge is -2.12. The van der Waals surface area contributed by atoms with Crippen molar-refractivity contribution in [3.8, 4) is 11.5 Å². The highest BCUT2D eigenvalue weighted by Crippen LogP contribution is 2.31. The third-order valence-electron chi connectivity index (χ3n) is 5.55. The summed E-state index contributed by atoms with van der Waals surface area (Å²) in [6.45, 7) is 0.354. The fraction of sp³-hybridized carbons (Fsp3) is 0.200. The molecule has 0 radical (unpaired) electrons. The van der Waals surface area contributed by atoms with Gasteiger partial charge in [-0.3, -0.25) is 9.69 Å². The monoisotopic (exact) mass is 430 g/mol. The van der Waals surface area contributed by atoms with Crippen LogP contribution in [-0.4, -0.2) is 29.1 Å². The van der Waals surface area contributed by atoms with Gasteiger partial charge >= 0.3 is 0 Å². The molecular formula is C25H22N2O3S. The highest BCUT2D eigenvalue weighted by Gasteiger charge is 2.41. The fourth-order valence-electron chi connectivity index (χ4n) is 3.80. The van der Waals surface area contributed by atoms with Crippen LogP contribution in [0.15, 0.2) is 66.4 Å². The maximum Gasteiger partial charge on any atom is 0.276 e. The van der Waals surface area contributed by atoms with E-state index in [1.165, 1.54) is 5.39 Å². The number of nitrogens with zero attached hydrogens (tertiary/aromatic N) is 1. The molecule has 156 valence electrons. The SMILES string of the molecule is COc1ccc(/C=C2/NC(=S)N(C3CC3)C2=O)cc1COc1ccc2ccccc2c1. The van der Waals surface area contributed by atoms with Gasteiger partial charge in [-0.2, -0.15) is 0 Å². The lowest BCUT2D eigenvalue weighted by molar-refractivity contribution is -0.122. The number of carbonyl (C=O) groups is 1. The van der Waals surface area contributed by atoms with Crippen LogP contribution in [0.3, 0.4) is 0 Å². The molecule has 0 bridgehead atoms. The van der Waals surface area contributed by atoms with Gasteiger partial charge in [0.15, 0.2) is 5.11 Å². The largest absolute Gasteiger partial charge is 0.496 e. The van der Waals surface area contributed by atoms with Crippen LogP contribution in [0.4, 0.5) is 0 Å². The van der Waals surface area contributed by atoms with E-state index in [1.54, 1.807) is 12.0 Å². The molecule has 0 aromatic heterocycles. The van der Waals surface area contributed by atoms with E-state index < -0.39 is 0 Å². The first-order valence-corrected chi connectivity index (χ1v) is 10.7. The molecule has 2 aliphatic rings. The predicted octanol–water partition coefficient (Wildman–Crippen LogP) is 4.65. The highest BCUT2D eigenvalue weighted by molar-refractivity contribution is 7.80. The second-order valence-corrected chi connectivity index (χ2v) is 8.15. The molecule has 1 saturated heterocycles. The lowest BCUT2D eigenvalue weighted by Crippen LogP contribution is -2.32. The third-order valence-corrected chi connectivity index (χ3v) is 5.85. The first-order chi connectivity index (χ1) is 15.1. The van der Waals surface area contributed by atoms with E-state index in [4.69, 9.17) is 21.7 Å². The summed E-state index contributed by atoms with van der Waals surface area (Å²) in [5.74, 6) is 1.48. The summed E-state index contributed by atoms with van der Waals surface area (Å²) in [7, 11) is 1.64. The molecule has 2 fully saturated rings. The van der Waals surface area contributed by atoms with Crippen molar-refractivity contribution >= 4 is 40.1 Å². The van der Waals surface area contributed by atoms with Gasteiger partial charge in [0.25, 0.3) is 5.91 Å². The highest BCUT2D eigenvalue weighted by atomic mass is 32.1. The zero-order chi connectivity index (χ0) is 21.4. The van der Waals surface area contributed by atoms with Crippen LogP contribution in [0.25, 0.3) is 16.8 Å². The molecule has 3 aromatic rings. The standard InChI is InChI=1S/C25H22N2O3S/c1-29-23-11-6-16(13-22-24(28)27(20-8-9-20)25(31)26-22)12-19(23)15-30-21-10-7-17-4-2-3-5-18(17)14-21/h2-7,10-14,20H,8-9,15H2,1H3,(H,26,31)/b22-13+. The van der Waals surface area contributed by atoms with Crippen LogP contribution in [0.5, 0.6) is 11.5 Å². The summed E-state index contributed by atoms with van der Waals surface area (Å²) in [5, 5.41) is 5.85. The molecule has 1 saturated carbocycles. The van der Waals surface area contributed by atoms with Crippen molar-refractivity contribution in [1.82, 2.24) is 10.2 Å². The Kier molecular flexibility index (Phi) is 5.08. The van der Waals surface area contributed by atoms with Gasteiger partial charge in [0, 0.05) is 11.6 Å². The predicted molar refractivity (Wildman–Crippen MR) is 125 cm³/mol. The molecular weight excluding hydrogens is 408 g/mol. The minimum atomic E-state index is -0.0581. The van der Waals surface area contributed by atoms with Crippen LogP contribution in [-0.2, 0) is 11.4 Å². The number of hydrogen-bond acceptors (Lipinski definition) is 4. The van der Waals surface area contributed by atoms with Crippen molar-refractivity contribution < 1.29 is 14.3 Å². The van der Waals surface area contributed by atoms with Gasteiger partial charge in [-0.05, 0) is 71.7 Å². The molecule has 0 unspecified atom stereocenters. The second kappa shape index (κ2) is 8.04. The Morgan fingerprint density at radius 3 is 2.68 bits per heavy atom. The Labute approximate surface area is 186 Å². The maximum atomic E-state index is 12.7. The van der Waals surface area contributed by atoms with Gasteiger partial charge in [-0.1, -0.05) is 36.4 Å². The molecule has 1 aliphatic carbocycles. The number of fused-ring (bicyclic) bond motifs is 1. The smallest absolute Gasteiger partial charge is 0.276 e. The van der Waals surface area contributed by atoms with E-state index in [-0.39, 0.29) is 11.9 Å². The molecule has 1 amide bonds. The molecule has 6 heteroatoms. The van der Waals surface area contributed by atoms with Crippen molar-refractivity contribution in [2.45, 2.75) is 25.5 Å². The quantitative estimate of drug-likeness (QED) is 0.456. The lowest BCUT2D eigenvalue weighted by atomic mass is 10.1.